The molecule has 6 nitrogen and oxygen atoms in total. The van der Waals surface area contributed by atoms with E-state index in [-0.39, 0.29) is 11.7 Å². The number of aromatic amines is 1. The zero-order valence-electron chi connectivity index (χ0n) is 10.7. The number of hydrogen-bond acceptors (Lipinski definition) is 5. The van der Waals surface area contributed by atoms with Gasteiger partial charge in [-0.25, -0.2) is 9.89 Å². The van der Waals surface area contributed by atoms with Gasteiger partial charge in [0.2, 0.25) is 0 Å². The maximum atomic E-state index is 11.5. The van der Waals surface area contributed by atoms with Crippen LogP contribution in [0.15, 0.2) is 28.4 Å². The van der Waals surface area contributed by atoms with Gasteiger partial charge in [0.15, 0.2) is 5.65 Å². The summed E-state index contributed by atoms with van der Waals surface area (Å²) < 4.78 is 1.28. The number of nitrogens with one attached hydrogen (secondary N) is 2. The summed E-state index contributed by atoms with van der Waals surface area (Å²) in [5.41, 5.74) is 1.58. The van der Waals surface area contributed by atoms with Gasteiger partial charge in [0.05, 0.1) is 6.04 Å². The summed E-state index contributed by atoms with van der Waals surface area (Å²) in [5, 5.41) is 16.1. The Hall–Kier alpha value is -2.15. The summed E-state index contributed by atoms with van der Waals surface area (Å²) in [6.07, 6.45) is 3.43. The number of anilines is 1. The van der Waals surface area contributed by atoms with E-state index in [9.17, 15) is 4.79 Å². The van der Waals surface area contributed by atoms with Crippen molar-refractivity contribution in [1.82, 2.24) is 19.8 Å². The molecule has 1 aliphatic rings. The van der Waals surface area contributed by atoms with Gasteiger partial charge in [-0.3, -0.25) is 0 Å². The van der Waals surface area contributed by atoms with Crippen molar-refractivity contribution in [3.8, 4) is 0 Å². The highest BCUT2D eigenvalue weighted by Gasteiger charge is 2.21. The molecule has 0 saturated heterocycles. The van der Waals surface area contributed by atoms with Gasteiger partial charge in [-0.2, -0.15) is 9.61 Å². The average Bonchev–Trinajstić information content (AvgIpc) is 3.07. The number of thiophene rings is 1. The fourth-order valence-corrected chi connectivity index (χ4v) is 3.68. The molecule has 0 fully saturated rings. The number of rotatable bonds is 2. The normalized spacial score (nSPS) is 18.1. The van der Waals surface area contributed by atoms with Crippen LogP contribution in [0.5, 0.6) is 0 Å². The molecule has 0 aliphatic heterocycles. The Morgan fingerprint density at radius 3 is 3.30 bits per heavy atom. The minimum Gasteiger partial charge on any atom is -0.362 e. The molecule has 7 heteroatoms. The van der Waals surface area contributed by atoms with Crippen molar-refractivity contribution in [3.63, 3.8) is 0 Å². The minimum absolute atomic E-state index is 0.276. The van der Waals surface area contributed by atoms with Gasteiger partial charge in [-0.15, -0.1) is 16.4 Å². The smallest absolute Gasteiger partial charge is 0.362 e. The first-order valence-electron chi connectivity index (χ1n) is 6.58. The van der Waals surface area contributed by atoms with E-state index < -0.39 is 0 Å². The minimum atomic E-state index is -0.316. The predicted octanol–water partition coefficient (Wildman–Crippen LogP) is 1.97. The van der Waals surface area contributed by atoms with E-state index in [1.165, 1.54) is 27.8 Å². The summed E-state index contributed by atoms with van der Waals surface area (Å²) in [6.45, 7) is 0. The van der Waals surface area contributed by atoms with Crippen LogP contribution in [-0.4, -0.2) is 19.8 Å². The van der Waals surface area contributed by atoms with Crippen molar-refractivity contribution in [1.29, 1.82) is 0 Å². The largest absolute Gasteiger partial charge is 0.364 e. The van der Waals surface area contributed by atoms with Gasteiger partial charge >= 0.3 is 5.69 Å². The third-order valence-electron chi connectivity index (χ3n) is 3.65. The molecule has 1 atom stereocenters. The molecule has 20 heavy (non-hydrogen) atoms. The van der Waals surface area contributed by atoms with Crippen LogP contribution >= 0.6 is 11.3 Å². The van der Waals surface area contributed by atoms with Crippen molar-refractivity contribution >= 4 is 22.8 Å². The molecule has 0 spiro atoms. The van der Waals surface area contributed by atoms with Gasteiger partial charge < -0.3 is 5.32 Å². The molecule has 0 aromatic carbocycles. The molecule has 0 bridgehead atoms. The van der Waals surface area contributed by atoms with Crippen LogP contribution in [0.2, 0.25) is 0 Å². The Morgan fingerprint density at radius 1 is 1.40 bits per heavy atom. The number of aromatic nitrogens is 4. The fourth-order valence-electron chi connectivity index (χ4n) is 2.69. The number of hydrogen-bond donors (Lipinski definition) is 2. The third-order valence-corrected chi connectivity index (χ3v) is 4.64. The Kier molecular flexibility index (Phi) is 2.59. The number of H-pyrrole nitrogens is 1. The van der Waals surface area contributed by atoms with E-state index >= 15 is 0 Å². The molecule has 102 valence electrons. The molecule has 0 radical (unpaired) electrons. The first kappa shape index (κ1) is 11.7. The van der Waals surface area contributed by atoms with Crippen LogP contribution in [0, 0.1) is 0 Å². The highest BCUT2D eigenvalue weighted by Crippen LogP contribution is 2.35. The van der Waals surface area contributed by atoms with Crippen molar-refractivity contribution < 1.29 is 0 Å². The number of aryl methyl sites for hydroxylation is 1. The number of fused-ring (bicyclic) bond motifs is 2. The van der Waals surface area contributed by atoms with Crippen molar-refractivity contribution in [2.24, 2.45) is 0 Å². The highest BCUT2D eigenvalue weighted by atomic mass is 32.1. The van der Waals surface area contributed by atoms with Crippen molar-refractivity contribution in [2.75, 3.05) is 5.32 Å². The zero-order chi connectivity index (χ0) is 13.5. The highest BCUT2D eigenvalue weighted by molar-refractivity contribution is 7.10. The summed E-state index contributed by atoms with van der Waals surface area (Å²) in [5.74, 6) is 0.699. The molecule has 3 aromatic heterocycles. The molecular weight excluding hydrogens is 274 g/mol. The van der Waals surface area contributed by atoms with Crippen LogP contribution < -0.4 is 11.0 Å². The monoisotopic (exact) mass is 287 g/mol. The SMILES string of the molecule is O=c1[nH]nc2ccc(NC3CCCc4sccc43)nn12. The molecule has 4 rings (SSSR count). The Balaban J connectivity index is 1.68. The van der Waals surface area contributed by atoms with Crippen LogP contribution in [-0.2, 0) is 6.42 Å². The molecule has 1 aliphatic carbocycles. The van der Waals surface area contributed by atoms with Gasteiger partial charge in [0.25, 0.3) is 0 Å². The van der Waals surface area contributed by atoms with E-state index in [0.717, 1.165) is 6.42 Å². The molecule has 3 aromatic rings. The van der Waals surface area contributed by atoms with E-state index in [1.807, 2.05) is 17.4 Å². The average molecular weight is 287 g/mol. The van der Waals surface area contributed by atoms with Crippen LogP contribution in [0.4, 0.5) is 5.82 Å². The Bertz CT molecular complexity index is 817. The zero-order valence-corrected chi connectivity index (χ0v) is 11.5. The maximum absolute atomic E-state index is 11.5. The third kappa shape index (κ3) is 1.82. The van der Waals surface area contributed by atoms with Gasteiger partial charge in [0.1, 0.15) is 5.82 Å². The van der Waals surface area contributed by atoms with E-state index in [1.54, 1.807) is 6.07 Å². The maximum Gasteiger partial charge on any atom is 0.364 e. The molecule has 0 saturated carbocycles. The topological polar surface area (TPSA) is 75.1 Å². The summed E-state index contributed by atoms with van der Waals surface area (Å²) >= 11 is 1.82. The number of nitrogens with zero attached hydrogens (tertiary/aromatic N) is 3. The lowest BCUT2D eigenvalue weighted by Gasteiger charge is -2.24. The van der Waals surface area contributed by atoms with E-state index in [2.05, 4.69) is 32.1 Å². The summed E-state index contributed by atoms with van der Waals surface area (Å²) in [7, 11) is 0. The quantitative estimate of drug-likeness (QED) is 0.755. The second kappa shape index (κ2) is 4.45. The van der Waals surface area contributed by atoms with Crippen molar-refractivity contribution in [3.05, 3.63) is 44.5 Å². The Morgan fingerprint density at radius 2 is 2.35 bits per heavy atom. The lowest BCUT2D eigenvalue weighted by molar-refractivity contribution is 0.605. The molecule has 2 N–H and O–H groups in total. The lowest BCUT2D eigenvalue weighted by Crippen LogP contribution is -2.18. The van der Waals surface area contributed by atoms with E-state index in [0.29, 0.717) is 11.5 Å². The molecule has 3 heterocycles. The summed E-state index contributed by atoms with van der Waals surface area (Å²) in [4.78, 5) is 13.0. The van der Waals surface area contributed by atoms with Crippen LogP contribution in [0.3, 0.4) is 0 Å². The van der Waals surface area contributed by atoms with Gasteiger partial charge in [0, 0.05) is 4.88 Å². The second-order valence-electron chi connectivity index (χ2n) is 4.91. The summed E-state index contributed by atoms with van der Waals surface area (Å²) in [6, 6.07) is 6.10. The van der Waals surface area contributed by atoms with Crippen LogP contribution in [0.1, 0.15) is 29.3 Å². The lowest BCUT2D eigenvalue weighted by atomic mass is 9.94. The fraction of sp³-hybridized carbons (Fsp3) is 0.308. The van der Waals surface area contributed by atoms with Gasteiger partial charge in [-0.05, 0) is 48.4 Å². The first-order valence-corrected chi connectivity index (χ1v) is 7.46. The standard InChI is InChI=1S/C13H13N5OS/c19-13-16-15-12-5-4-11(17-18(12)13)14-9-2-1-3-10-8(9)6-7-20-10/h4-7,9H,1-3H2,(H,14,17)(H,16,19). The van der Waals surface area contributed by atoms with E-state index in [4.69, 9.17) is 0 Å². The Labute approximate surface area is 118 Å². The van der Waals surface area contributed by atoms with Crippen LogP contribution in [0.25, 0.3) is 5.65 Å². The first-order chi connectivity index (χ1) is 9.81. The molecular formula is C13H13N5OS. The molecule has 1 unspecified atom stereocenters. The molecule has 0 amide bonds. The van der Waals surface area contributed by atoms with Gasteiger partial charge in [-0.1, -0.05) is 0 Å². The van der Waals surface area contributed by atoms with Crippen molar-refractivity contribution in [2.45, 2.75) is 25.3 Å². The predicted molar refractivity (Wildman–Crippen MR) is 77.2 cm³/mol. The second-order valence-corrected chi connectivity index (χ2v) is 5.91.